The third kappa shape index (κ3) is 6.29. The van der Waals surface area contributed by atoms with E-state index < -0.39 is 0 Å². The Labute approximate surface area is 218 Å². The van der Waals surface area contributed by atoms with Gasteiger partial charge in [0, 0.05) is 73.4 Å². The molecule has 7 heteroatoms. The quantitative estimate of drug-likeness (QED) is 0.266. The van der Waals surface area contributed by atoms with Crippen LogP contribution < -0.4 is 4.74 Å². The number of aryl methyl sites for hydroxylation is 1. The Morgan fingerprint density at radius 3 is 2.53 bits per heavy atom. The summed E-state index contributed by atoms with van der Waals surface area (Å²) in [5, 5.41) is 1.09. The molecule has 2 aromatic carbocycles. The molecular formula is C29H35ClFN3O2. The second-order valence-electron chi connectivity index (χ2n) is 9.18. The van der Waals surface area contributed by atoms with Gasteiger partial charge in [0.25, 0.3) is 0 Å². The number of aromatic nitrogens is 1. The second-order valence-corrected chi connectivity index (χ2v) is 9.56. The van der Waals surface area contributed by atoms with Crippen LogP contribution in [0.2, 0.25) is 0 Å². The molecule has 4 rings (SSSR count). The number of hydrogen-bond donors (Lipinski definition) is 0. The van der Waals surface area contributed by atoms with E-state index in [1.165, 1.54) is 12.1 Å². The van der Waals surface area contributed by atoms with E-state index in [4.69, 9.17) is 16.3 Å². The summed E-state index contributed by atoms with van der Waals surface area (Å²) in [5.41, 5.74) is 4.43. The lowest BCUT2D eigenvalue weighted by Gasteiger charge is -2.34. The largest absolute Gasteiger partial charge is 0.494 e. The highest BCUT2D eigenvalue weighted by atomic mass is 35.5. The zero-order valence-electron chi connectivity index (χ0n) is 21.2. The van der Waals surface area contributed by atoms with Gasteiger partial charge < -0.3 is 14.2 Å². The lowest BCUT2D eigenvalue weighted by Crippen LogP contribution is -2.48. The van der Waals surface area contributed by atoms with Crippen LogP contribution in [0, 0.1) is 12.7 Å². The molecule has 0 bridgehead atoms. The average molecular weight is 512 g/mol. The molecule has 2 heterocycles. The molecule has 0 spiro atoms. The van der Waals surface area contributed by atoms with Crippen LogP contribution in [0.5, 0.6) is 5.75 Å². The molecule has 0 aliphatic carbocycles. The summed E-state index contributed by atoms with van der Waals surface area (Å²) < 4.78 is 21.1. The molecule has 0 atom stereocenters. The Kier molecular flexibility index (Phi) is 9.05. The van der Waals surface area contributed by atoms with Crippen molar-refractivity contribution in [2.45, 2.75) is 33.2 Å². The molecule has 1 aliphatic rings. The van der Waals surface area contributed by atoms with Gasteiger partial charge in [0.1, 0.15) is 11.6 Å². The Balaban J connectivity index is 1.41. The first-order valence-electron chi connectivity index (χ1n) is 12.8. The molecular weight excluding hydrogens is 477 g/mol. The fourth-order valence-electron chi connectivity index (χ4n) is 4.85. The van der Waals surface area contributed by atoms with Gasteiger partial charge in [-0.05, 0) is 68.7 Å². The summed E-state index contributed by atoms with van der Waals surface area (Å²) in [6.45, 7) is 9.52. The van der Waals surface area contributed by atoms with E-state index in [0.29, 0.717) is 25.6 Å². The Hall–Kier alpha value is -2.83. The monoisotopic (exact) mass is 511 g/mol. The van der Waals surface area contributed by atoms with E-state index in [-0.39, 0.29) is 11.7 Å². The van der Waals surface area contributed by atoms with Gasteiger partial charge >= 0.3 is 0 Å². The molecule has 1 saturated heterocycles. The van der Waals surface area contributed by atoms with E-state index in [1.807, 2.05) is 36.1 Å². The highest BCUT2D eigenvalue weighted by Gasteiger charge is 2.20. The normalized spacial score (nSPS) is 14.7. The summed E-state index contributed by atoms with van der Waals surface area (Å²) in [4.78, 5) is 17.3. The summed E-state index contributed by atoms with van der Waals surface area (Å²) in [7, 11) is 0. The highest BCUT2D eigenvalue weighted by Crippen LogP contribution is 2.31. The number of amides is 1. The first-order valence-corrected chi connectivity index (χ1v) is 13.3. The maximum atomic E-state index is 13.1. The number of hydrogen-bond acceptors (Lipinski definition) is 3. The van der Waals surface area contributed by atoms with E-state index in [0.717, 1.165) is 72.5 Å². The third-order valence-corrected chi connectivity index (χ3v) is 7.14. The van der Waals surface area contributed by atoms with Gasteiger partial charge in [-0.25, -0.2) is 4.39 Å². The van der Waals surface area contributed by atoms with E-state index in [9.17, 15) is 9.18 Å². The van der Waals surface area contributed by atoms with Crippen molar-refractivity contribution in [3.8, 4) is 5.75 Å². The fraction of sp³-hybridized carbons (Fsp3) is 0.414. The minimum atomic E-state index is -0.205. The Morgan fingerprint density at radius 2 is 1.83 bits per heavy atom. The summed E-state index contributed by atoms with van der Waals surface area (Å²) >= 11 is 5.97. The molecule has 192 valence electrons. The van der Waals surface area contributed by atoms with E-state index in [1.54, 1.807) is 6.08 Å². The van der Waals surface area contributed by atoms with Crippen molar-refractivity contribution in [2.75, 3.05) is 45.2 Å². The van der Waals surface area contributed by atoms with Gasteiger partial charge in [0.15, 0.2) is 0 Å². The van der Waals surface area contributed by atoms with Crippen LogP contribution in [0.1, 0.15) is 30.2 Å². The number of alkyl halides is 1. The molecule has 3 aromatic rings. The van der Waals surface area contributed by atoms with Crippen LogP contribution in [-0.4, -0.2) is 65.5 Å². The van der Waals surface area contributed by atoms with Crippen molar-refractivity contribution in [1.82, 2.24) is 14.4 Å². The first kappa shape index (κ1) is 26.2. The SMILES string of the molecule is CCOc1ccc2c(c1)c(/C=C/C(=O)N1CCN(CCc3ccc(F)cc3)CC1)c(C)n2CCCCl. The van der Waals surface area contributed by atoms with Crippen molar-refractivity contribution in [3.63, 3.8) is 0 Å². The van der Waals surface area contributed by atoms with Crippen molar-refractivity contribution in [2.24, 2.45) is 0 Å². The predicted molar refractivity (Wildman–Crippen MR) is 145 cm³/mol. The Morgan fingerprint density at radius 1 is 1.08 bits per heavy atom. The molecule has 1 amide bonds. The number of piperazine rings is 1. The van der Waals surface area contributed by atoms with Crippen LogP contribution in [0.25, 0.3) is 17.0 Å². The third-order valence-electron chi connectivity index (χ3n) is 6.88. The number of nitrogens with zero attached hydrogens (tertiary/aromatic N) is 3. The molecule has 1 aromatic heterocycles. The topological polar surface area (TPSA) is 37.7 Å². The molecule has 0 radical (unpaired) electrons. The predicted octanol–water partition coefficient (Wildman–Crippen LogP) is 5.52. The number of fused-ring (bicyclic) bond motifs is 1. The standard InChI is InChI=1S/C29H35ClFN3O2/c1-3-36-25-9-11-28-27(21-25)26(22(2)34(28)15-4-14-30)10-12-29(35)33-19-17-32(18-20-33)16-13-23-5-7-24(31)8-6-23/h5-12,21H,3-4,13-20H2,1-2H3/b12-10+. The molecule has 1 aliphatic heterocycles. The molecule has 1 fully saturated rings. The number of carbonyl (C=O) groups is 1. The smallest absolute Gasteiger partial charge is 0.246 e. The molecule has 0 N–H and O–H groups in total. The Bertz CT molecular complexity index is 1200. The molecule has 0 saturated carbocycles. The van der Waals surface area contributed by atoms with Gasteiger partial charge in [-0.2, -0.15) is 0 Å². The van der Waals surface area contributed by atoms with Crippen LogP contribution in [-0.2, 0) is 17.8 Å². The van der Waals surface area contributed by atoms with Crippen LogP contribution in [0.15, 0.2) is 48.5 Å². The minimum Gasteiger partial charge on any atom is -0.494 e. The van der Waals surface area contributed by atoms with Gasteiger partial charge in [-0.3, -0.25) is 9.69 Å². The van der Waals surface area contributed by atoms with Gasteiger partial charge in [0.2, 0.25) is 5.91 Å². The van der Waals surface area contributed by atoms with Crippen molar-refractivity contribution >= 4 is 34.5 Å². The second kappa shape index (κ2) is 12.4. The van der Waals surface area contributed by atoms with Crippen LogP contribution in [0.3, 0.4) is 0 Å². The lowest BCUT2D eigenvalue weighted by atomic mass is 10.1. The number of benzene rings is 2. The van der Waals surface area contributed by atoms with E-state index >= 15 is 0 Å². The fourth-order valence-corrected chi connectivity index (χ4v) is 4.97. The van der Waals surface area contributed by atoms with Crippen LogP contribution in [0.4, 0.5) is 4.39 Å². The minimum absolute atomic E-state index is 0.0372. The van der Waals surface area contributed by atoms with Gasteiger partial charge in [0.05, 0.1) is 6.61 Å². The maximum Gasteiger partial charge on any atom is 0.246 e. The maximum absolute atomic E-state index is 13.1. The average Bonchev–Trinajstić information content (AvgIpc) is 3.15. The van der Waals surface area contributed by atoms with Gasteiger partial charge in [-0.1, -0.05) is 12.1 Å². The zero-order valence-corrected chi connectivity index (χ0v) is 21.9. The van der Waals surface area contributed by atoms with Crippen LogP contribution >= 0.6 is 11.6 Å². The zero-order chi connectivity index (χ0) is 25.5. The number of ether oxygens (including phenoxy) is 1. The van der Waals surface area contributed by atoms with Crippen molar-refractivity contribution in [3.05, 3.63) is 71.2 Å². The van der Waals surface area contributed by atoms with Gasteiger partial charge in [-0.15, -0.1) is 11.6 Å². The molecule has 0 unspecified atom stereocenters. The number of rotatable bonds is 10. The highest BCUT2D eigenvalue weighted by molar-refractivity contribution is 6.17. The van der Waals surface area contributed by atoms with Crippen molar-refractivity contribution in [1.29, 1.82) is 0 Å². The molecule has 5 nitrogen and oxygen atoms in total. The molecule has 36 heavy (non-hydrogen) atoms. The summed E-state index contributed by atoms with van der Waals surface area (Å²) in [5.74, 6) is 1.27. The summed E-state index contributed by atoms with van der Waals surface area (Å²) in [6, 6.07) is 12.8. The first-order chi connectivity index (χ1) is 17.5. The van der Waals surface area contributed by atoms with Crippen molar-refractivity contribution < 1.29 is 13.9 Å². The summed E-state index contributed by atoms with van der Waals surface area (Å²) in [6.07, 6.45) is 5.42. The lowest BCUT2D eigenvalue weighted by molar-refractivity contribution is -0.127. The van der Waals surface area contributed by atoms with E-state index in [2.05, 4.69) is 28.5 Å². The number of carbonyl (C=O) groups excluding carboxylic acids is 1. The number of halogens is 2.